The smallest absolute Gasteiger partial charge is 0.0623 e. The predicted octanol–water partition coefficient (Wildman–Crippen LogP) is 12.5. The Morgan fingerprint density at radius 1 is 0.372 bits per heavy atom. The maximum atomic E-state index is 8.10. The summed E-state index contributed by atoms with van der Waals surface area (Å²) in [6.07, 6.45) is 0. The van der Waals surface area contributed by atoms with Gasteiger partial charge in [-0.1, -0.05) is 133 Å². The molecule has 0 fully saturated rings. The lowest BCUT2D eigenvalue weighted by Crippen LogP contribution is -1.92. The number of fused-ring (bicyclic) bond motifs is 6. The van der Waals surface area contributed by atoms with E-state index in [-0.39, 0.29) is 0 Å². The van der Waals surface area contributed by atoms with Gasteiger partial charge in [0.15, 0.2) is 0 Å². The zero-order valence-electron chi connectivity index (χ0n) is 25.3. The lowest BCUT2D eigenvalue weighted by atomic mass is 9.83. The van der Waals surface area contributed by atoms with Crippen molar-refractivity contribution in [2.45, 2.75) is 0 Å². The second-order valence-electron chi connectivity index (χ2n) is 11.1. The van der Waals surface area contributed by atoms with Crippen LogP contribution >= 0.6 is 11.3 Å². The van der Waals surface area contributed by atoms with Crippen LogP contribution in [0.3, 0.4) is 0 Å². The number of rotatable bonds is 3. The summed E-state index contributed by atoms with van der Waals surface area (Å²) in [4.78, 5) is 0. The molecule has 0 aliphatic carbocycles. The number of hydrogen-bond acceptors (Lipinski definition) is 1. The first-order valence-corrected chi connectivity index (χ1v) is 15.4. The molecule has 0 nitrogen and oxygen atoms in total. The van der Waals surface area contributed by atoms with E-state index < -0.39 is 0 Å². The number of hydrogen-bond donors (Lipinski definition) is 0. The van der Waals surface area contributed by atoms with Gasteiger partial charge < -0.3 is 0 Å². The van der Waals surface area contributed by atoms with Gasteiger partial charge in [-0.25, -0.2) is 0 Å². The van der Waals surface area contributed by atoms with Gasteiger partial charge in [0.2, 0.25) is 0 Å². The highest BCUT2D eigenvalue weighted by Gasteiger charge is 2.19. The molecule has 0 saturated heterocycles. The lowest BCUT2D eigenvalue weighted by molar-refractivity contribution is 1.63. The normalized spacial score (nSPS) is 12.4. The van der Waals surface area contributed by atoms with E-state index in [1.807, 2.05) is 24.3 Å². The Kier molecular flexibility index (Phi) is 5.03. The maximum Gasteiger partial charge on any atom is 0.0623 e. The third-order valence-electron chi connectivity index (χ3n) is 8.73. The third-order valence-corrected chi connectivity index (χ3v) is 9.86. The molecule has 0 bridgehead atoms. The van der Waals surface area contributed by atoms with Crippen molar-refractivity contribution in [3.8, 4) is 33.4 Å². The van der Waals surface area contributed by atoms with E-state index in [0.717, 1.165) is 15.5 Å². The molecule has 43 heavy (non-hydrogen) atoms. The summed E-state index contributed by atoms with van der Waals surface area (Å²) in [7, 11) is 0. The molecule has 0 spiro atoms. The second-order valence-corrected chi connectivity index (χ2v) is 12.2. The van der Waals surface area contributed by atoms with Crippen molar-refractivity contribution in [1.82, 2.24) is 0 Å². The van der Waals surface area contributed by atoms with Gasteiger partial charge in [0.1, 0.15) is 0 Å². The van der Waals surface area contributed by atoms with Gasteiger partial charge >= 0.3 is 0 Å². The molecule has 0 atom stereocenters. The third kappa shape index (κ3) is 3.82. The van der Waals surface area contributed by atoms with Crippen LogP contribution in [0.25, 0.3) is 85.9 Å². The summed E-state index contributed by atoms with van der Waals surface area (Å²) in [5, 5.41) is 9.57. The fourth-order valence-corrected chi connectivity index (χ4v) is 7.87. The summed E-state index contributed by atoms with van der Waals surface area (Å²) in [5.74, 6) is 0. The Hall–Kier alpha value is -5.24. The van der Waals surface area contributed by atoms with Crippen LogP contribution in [-0.4, -0.2) is 0 Å². The molecule has 1 aromatic heterocycles. The molecular formula is C42H26S. The maximum absolute atomic E-state index is 8.10. The van der Waals surface area contributed by atoms with Gasteiger partial charge in [-0.2, -0.15) is 0 Å². The van der Waals surface area contributed by atoms with E-state index in [0.29, 0.717) is 12.1 Å². The van der Waals surface area contributed by atoms with Crippen LogP contribution in [0.15, 0.2) is 158 Å². The zero-order chi connectivity index (χ0) is 30.1. The van der Waals surface area contributed by atoms with E-state index in [9.17, 15) is 0 Å². The SMILES string of the molecule is [2H]c1ccc2cc(-c3c4ccccc4c(-c4ccccc4-c4ccc5sc6cc([2H])ccc6c5c4)c4ccccc34)ccc2c1. The number of benzene rings is 8. The molecule has 200 valence electrons. The molecule has 9 aromatic rings. The Balaban J connectivity index is 1.32. The van der Waals surface area contributed by atoms with E-state index in [1.165, 1.54) is 70.4 Å². The van der Waals surface area contributed by atoms with Crippen LogP contribution in [0.5, 0.6) is 0 Å². The first-order chi connectivity index (χ1) is 22.1. The van der Waals surface area contributed by atoms with Gasteiger partial charge in [-0.3, -0.25) is 0 Å². The highest BCUT2D eigenvalue weighted by molar-refractivity contribution is 7.25. The zero-order valence-corrected chi connectivity index (χ0v) is 24.1. The average Bonchev–Trinajstić information content (AvgIpc) is 3.43. The number of thiophene rings is 1. The second kappa shape index (κ2) is 9.66. The van der Waals surface area contributed by atoms with Gasteiger partial charge in [0.25, 0.3) is 0 Å². The molecule has 0 saturated carbocycles. The van der Waals surface area contributed by atoms with Crippen molar-refractivity contribution in [3.05, 3.63) is 158 Å². The van der Waals surface area contributed by atoms with E-state index in [4.69, 9.17) is 2.74 Å². The van der Waals surface area contributed by atoms with E-state index in [1.54, 1.807) is 11.3 Å². The van der Waals surface area contributed by atoms with Gasteiger partial charge in [0, 0.05) is 20.2 Å². The molecule has 0 aliphatic heterocycles. The largest absolute Gasteiger partial charge is 0.135 e. The molecule has 0 radical (unpaired) electrons. The molecular weight excluding hydrogens is 537 g/mol. The first kappa shape index (κ1) is 22.4. The van der Waals surface area contributed by atoms with Gasteiger partial charge in [-0.05, 0) is 90.0 Å². The average molecular weight is 565 g/mol. The van der Waals surface area contributed by atoms with Crippen molar-refractivity contribution >= 4 is 63.8 Å². The Labute approximate surface area is 256 Å². The van der Waals surface area contributed by atoms with Crippen LogP contribution in [0.4, 0.5) is 0 Å². The lowest BCUT2D eigenvalue weighted by Gasteiger charge is -2.20. The van der Waals surface area contributed by atoms with Crippen LogP contribution in [0, 0.1) is 0 Å². The van der Waals surface area contributed by atoms with Crippen LogP contribution in [0.2, 0.25) is 0 Å². The van der Waals surface area contributed by atoms with Crippen LogP contribution in [0.1, 0.15) is 2.74 Å². The molecule has 0 aliphatic rings. The van der Waals surface area contributed by atoms with Crippen LogP contribution < -0.4 is 0 Å². The fourth-order valence-electron chi connectivity index (χ4n) is 6.80. The standard InChI is InChI=1S/C42H26S/c1-2-12-28-25-30(22-21-27(28)11-1)41-34-16-5-7-18-36(34)42(37-19-8-6-17-35(37)41)33-15-4-3-13-31(33)29-23-24-40-38(26-29)32-14-9-10-20-39(32)43-40/h1-26H/i1D,10D. The first-order valence-electron chi connectivity index (χ1n) is 15.6. The van der Waals surface area contributed by atoms with E-state index in [2.05, 4.69) is 121 Å². The predicted molar refractivity (Wildman–Crippen MR) is 188 cm³/mol. The Morgan fingerprint density at radius 3 is 1.77 bits per heavy atom. The molecule has 8 aromatic carbocycles. The van der Waals surface area contributed by atoms with E-state index >= 15 is 0 Å². The highest BCUT2D eigenvalue weighted by Crippen LogP contribution is 2.47. The quantitative estimate of drug-likeness (QED) is 0.187. The van der Waals surface area contributed by atoms with Crippen molar-refractivity contribution in [2.24, 2.45) is 0 Å². The summed E-state index contributed by atoms with van der Waals surface area (Å²) in [5.41, 5.74) is 7.26. The minimum atomic E-state index is 0.530. The summed E-state index contributed by atoms with van der Waals surface area (Å²) in [6.45, 7) is 0. The minimum Gasteiger partial charge on any atom is -0.135 e. The van der Waals surface area contributed by atoms with Gasteiger partial charge in [-0.15, -0.1) is 11.3 Å². The minimum absolute atomic E-state index is 0.530. The Morgan fingerprint density at radius 2 is 0.977 bits per heavy atom. The van der Waals surface area contributed by atoms with Crippen LogP contribution in [-0.2, 0) is 0 Å². The summed E-state index contributed by atoms with van der Waals surface area (Å²) in [6, 6.07) is 52.7. The monoisotopic (exact) mass is 564 g/mol. The highest BCUT2D eigenvalue weighted by atomic mass is 32.1. The summed E-state index contributed by atoms with van der Waals surface area (Å²) < 4.78 is 18.6. The van der Waals surface area contributed by atoms with Crippen molar-refractivity contribution < 1.29 is 2.74 Å². The molecule has 1 heteroatoms. The molecule has 9 rings (SSSR count). The summed E-state index contributed by atoms with van der Waals surface area (Å²) >= 11 is 1.76. The Bertz CT molecular complexity index is 2570. The van der Waals surface area contributed by atoms with Crippen molar-refractivity contribution in [1.29, 1.82) is 0 Å². The van der Waals surface area contributed by atoms with Crippen molar-refractivity contribution in [3.63, 3.8) is 0 Å². The molecule has 1 heterocycles. The topological polar surface area (TPSA) is 0 Å². The van der Waals surface area contributed by atoms with Crippen molar-refractivity contribution in [2.75, 3.05) is 0 Å². The molecule has 0 N–H and O–H groups in total. The molecule has 0 unspecified atom stereocenters. The van der Waals surface area contributed by atoms with Gasteiger partial charge in [0.05, 0.1) is 2.74 Å². The fraction of sp³-hybridized carbons (Fsp3) is 0. The molecule has 0 amide bonds.